The zero-order valence-electron chi connectivity index (χ0n) is 24.4. The van der Waals surface area contributed by atoms with E-state index in [1.807, 2.05) is 24.3 Å². The third-order valence-corrected chi connectivity index (χ3v) is 8.17. The van der Waals surface area contributed by atoms with Crippen molar-refractivity contribution in [3.8, 4) is 0 Å². The third kappa shape index (κ3) is 8.98. The summed E-state index contributed by atoms with van der Waals surface area (Å²) in [6, 6.07) is 14.5. The highest BCUT2D eigenvalue weighted by atomic mass is 28.2. The molecule has 0 saturated heterocycles. The first-order valence-electron chi connectivity index (χ1n) is 12.7. The summed E-state index contributed by atoms with van der Waals surface area (Å²) in [5, 5.41) is 0.199. The molecule has 0 saturated carbocycles. The highest BCUT2D eigenvalue weighted by molar-refractivity contribution is 6.32. The van der Waals surface area contributed by atoms with E-state index in [2.05, 4.69) is 99.4 Å². The van der Waals surface area contributed by atoms with Crippen molar-refractivity contribution in [2.75, 3.05) is 11.9 Å². The summed E-state index contributed by atoms with van der Waals surface area (Å²) in [4.78, 5) is 14.0. The van der Waals surface area contributed by atoms with Crippen molar-refractivity contribution in [1.29, 1.82) is 0 Å². The molecule has 2 aromatic carbocycles. The maximum Gasteiger partial charge on any atom is 0.236 e. The third-order valence-electron chi connectivity index (χ3n) is 5.72. The minimum Gasteiger partial charge on any atom is -0.408 e. The fraction of sp³-hybridized carbons (Fsp3) is 0.567. The van der Waals surface area contributed by atoms with Gasteiger partial charge in [-0.05, 0) is 73.5 Å². The lowest BCUT2D eigenvalue weighted by atomic mass is 9.84. The zero-order valence-corrected chi connectivity index (χ0v) is 26.4. The van der Waals surface area contributed by atoms with Gasteiger partial charge in [0.2, 0.25) is 19.5 Å². The molecule has 0 fully saturated rings. The van der Waals surface area contributed by atoms with Crippen LogP contribution in [0.1, 0.15) is 103 Å². The smallest absolute Gasteiger partial charge is 0.236 e. The van der Waals surface area contributed by atoms with E-state index in [0.717, 1.165) is 28.9 Å². The molecule has 0 unspecified atom stereocenters. The number of hydrogen-bond acceptors (Lipinski definition) is 4. The molecule has 36 heavy (non-hydrogen) atoms. The summed E-state index contributed by atoms with van der Waals surface area (Å²) in [5.74, 6) is 0.0775. The molecular weight excluding hydrogens is 479 g/mol. The standard InChI is InChI=1S/C30H45NO3Si2/c1-21(32)23-14-13-15-24(19-23)31(12)20-22-16-17-25(29(8,9)33-35-27(2,3)4)26(18-22)30(10,11)34-36-28(5,6)7/h13-19H,20H2,1-12H3. The molecule has 0 aromatic heterocycles. The molecule has 0 aliphatic rings. The van der Waals surface area contributed by atoms with Gasteiger partial charge < -0.3 is 13.8 Å². The summed E-state index contributed by atoms with van der Waals surface area (Å²) in [5.41, 5.74) is 4.33. The number of anilines is 1. The Morgan fingerprint density at radius 3 is 1.81 bits per heavy atom. The van der Waals surface area contributed by atoms with E-state index in [1.54, 1.807) is 6.92 Å². The average Bonchev–Trinajstić information content (AvgIpc) is 2.75. The lowest BCUT2D eigenvalue weighted by Crippen LogP contribution is -2.34. The Labute approximate surface area is 225 Å². The van der Waals surface area contributed by atoms with Crippen molar-refractivity contribution in [2.45, 2.75) is 104 Å². The van der Waals surface area contributed by atoms with E-state index in [0.29, 0.717) is 19.5 Å². The molecular formula is C30H45NO3Si2. The summed E-state index contributed by atoms with van der Waals surface area (Å²) in [7, 11) is 2.82. The molecule has 2 aromatic rings. The van der Waals surface area contributed by atoms with E-state index >= 15 is 0 Å². The summed E-state index contributed by atoms with van der Waals surface area (Å²) >= 11 is 0. The van der Waals surface area contributed by atoms with Crippen LogP contribution in [0.15, 0.2) is 42.5 Å². The van der Waals surface area contributed by atoms with Gasteiger partial charge in [-0.2, -0.15) is 0 Å². The van der Waals surface area contributed by atoms with Crippen LogP contribution < -0.4 is 4.90 Å². The number of ketones is 1. The van der Waals surface area contributed by atoms with Crippen LogP contribution in [0.4, 0.5) is 5.69 Å². The van der Waals surface area contributed by atoms with Gasteiger partial charge in [0.1, 0.15) is 0 Å². The van der Waals surface area contributed by atoms with Crippen LogP contribution >= 0.6 is 0 Å². The lowest BCUT2D eigenvalue weighted by Gasteiger charge is -2.37. The van der Waals surface area contributed by atoms with Crippen molar-refractivity contribution in [3.63, 3.8) is 0 Å². The lowest BCUT2D eigenvalue weighted by molar-refractivity contribution is 0.0829. The predicted molar refractivity (Wildman–Crippen MR) is 154 cm³/mol. The SMILES string of the molecule is CC(=O)c1cccc(N(C)Cc2ccc(C(C)(C)O[Si]C(C)(C)C)c(C(C)(C)O[Si]C(C)(C)C)c2)c1. The van der Waals surface area contributed by atoms with Gasteiger partial charge >= 0.3 is 0 Å². The van der Waals surface area contributed by atoms with Crippen molar-refractivity contribution in [3.05, 3.63) is 64.7 Å². The van der Waals surface area contributed by atoms with Gasteiger partial charge in [-0.3, -0.25) is 4.79 Å². The summed E-state index contributed by atoms with van der Waals surface area (Å²) in [6.45, 7) is 24.2. The number of hydrogen-bond donors (Lipinski definition) is 0. The van der Waals surface area contributed by atoms with E-state index in [4.69, 9.17) is 8.85 Å². The highest BCUT2D eigenvalue weighted by Gasteiger charge is 2.34. The zero-order chi connectivity index (χ0) is 27.5. The molecule has 0 N–H and O–H groups in total. The molecule has 0 aliphatic heterocycles. The number of benzene rings is 2. The predicted octanol–water partition coefficient (Wildman–Crippen LogP) is 7.70. The van der Waals surface area contributed by atoms with E-state index < -0.39 is 11.2 Å². The Hall–Kier alpha value is -1.74. The van der Waals surface area contributed by atoms with E-state index in [9.17, 15) is 4.79 Å². The van der Waals surface area contributed by atoms with Crippen LogP contribution in [-0.4, -0.2) is 32.4 Å². The molecule has 0 amide bonds. The summed E-state index contributed by atoms with van der Waals surface area (Å²) < 4.78 is 13.1. The molecule has 0 bridgehead atoms. The van der Waals surface area contributed by atoms with Crippen LogP contribution in [-0.2, 0) is 26.6 Å². The Kier molecular flexibility index (Phi) is 9.60. The Morgan fingerprint density at radius 1 is 0.778 bits per heavy atom. The van der Waals surface area contributed by atoms with E-state index in [1.165, 1.54) is 5.56 Å². The first-order valence-corrected chi connectivity index (χ1v) is 14.5. The number of carbonyl (C=O) groups excluding carboxylic acids is 1. The van der Waals surface area contributed by atoms with Crippen LogP contribution in [0.3, 0.4) is 0 Å². The van der Waals surface area contributed by atoms with Gasteiger partial charge in [0.05, 0.1) is 11.2 Å². The normalized spacial score (nSPS) is 13.1. The van der Waals surface area contributed by atoms with Crippen LogP contribution in [0.5, 0.6) is 0 Å². The van der Waals surface area contributed by atoms with Gasteiger partial charge in [-0.25, -0.2) is 0 Å². The van der Waals surface area contributed by atoms with Crippen molar-refractivity contribution in [2.24, 2.45) is 0 Å². The molecule has 0 heterocycles. The molecule has 0 aliphatic carbocycles. The average molecular weight is 524 g/mol. The molecule has 4 radical (unpaired) electrons. The number of nitrogens with zero attached hydrogens (tertiary/aromatic N) is 1. The quantitative estimate of drug-likeness (QED) is 0.236. The fourth-order valence-corrected chi connectivity index (χ4v) is 5.05. The summed E-state index contributed by atoms with van der Waals surface area (Å²) in [6.07, 6.45) is 0. The minimum absolute atomic E-state index is 0.0775. The Bertz CT molecular complexity index is 1050. The van der Waals surface area contributed by atoms with Crippen molar-refractivity contribution >= 4 is 31.0 Å². The second-order valence-corrected chi connectivity index (χ2v) is 16.6. The second kappa shape index (κ2) is 11.3. The number of Topliss-reactive ketones (excluding diaryl/α,β-unsaturated/α-hetero) is 1. The van der Waals surface area contributed by atoms with Crippen LogP contribution in [0.25, 0.3) is 0 Å². The molecule has 0 spiro atoms. The topological polar surface area (TPSA) is 38.8 Å². The second-order valence-electron chi connectivity index (χ2n) is 12.8. The minimum atomic E-state index is -0.477. The first kappa shape index (κ1) is 30.5. The van der Waals surface area contributed by atoms with Crippen molar-refractivity contribution in [1.82, 2.24) is 0 Å². The molecule has 0 atom stereocenters. The monoisotopic (exact) mass is 523 g/mol. The van der Waals surface area contributed by atoms with Gasteiger partial charge in [-0.15, -0.1) is 0 Å². The van der Waals surface area contributed by atoms with Crippen LogP contribution in [0.2, 0.25) is 10.1 Å². The van der Waals surface area contributed by atoms with E-state index in [-0.39, 0.29) is 15.9 Å². The molecule has 2 rings (SSSR count). The molecule has 196 valence electrons. The highest BCUT2D eigenvalue weighted by Crippen LogP contribution is 2.39. The van der Waals surface area contributed by atoms with Gasteiger partial charge in [-0.1, -0.05) is 71.9 Å². The maximum absolute atomic E-state index is 11.9. The molecule has 4 nitrogen and oxygen atoms in total. The number of carbonyl (C=O) groups is 1. The van der Waals surface area contributed by atoms with Crippen LogP contribution in [0, 0.1) is 0 Å². The maximum atomic E-state index is 11.9. The Balaban J connectivity index is 2.46. The number of rotatable bonds is 10. The van der Waals surface area contributed by atoms with Gasteiger partial charge in [0, 0.05) is 24.8 Å². The van der Waals surface area contributed by atoms with Gasteiger partial charge in [0.25, 0.3) is 0 Å². The first-order chi connectivity index (χ1) is 16.3. The Morgan fingerprint density at radius 2 is 1.31 bits per heavy atom. The molecule has 6 heteroatoms. The fourth-order valence-electron chi connectivity index (χ4n) is 3.71. The van der Waals surface area contributed by atoms with Gasteiger partial charge in [0.15, 0.2) is 5.78 Å². The largest absolute Gasteiger partial charge is 0.408 e. The van der Waals surface area contributed by atoms with Crippen molar-refractivity contribution < 1.29 is 13.6 Å².